The lowest BCUT2D eigenvalue weighted by Crippen LogP contribution is -2.29. The predicted molar refractivity (Wildman–Crippen MR) is 82.1 cm³/mol. The molecule has 3 aromatic rings. The van der Waals surface area contributed by atoms with E-state index in [-0.39, 0.29) is 17.1 Å². The minimum atomic E-state index is -3.71. The summed E-state index contributed by atoms with van der Waals surface area (Å²) in [6.45, 7) is -0.341. The van der Waals surface area contributed by atoms with Crippen LogP contribution >= 0.6 is 0 Å². The molecule has 0 aliphatic carbocycles. The molecular weight excluding hydrogens is 302 g/mol. The molecule has 1 heterocycles. The first kappa shape index (κ1) is 14.4. The van der Waals surface area contributed by atoms with Crippen LogP contribution in [0, 0.1) is 0 Å². The normalized spacial score (nSPS) is 11.6. The number of hydrogen-bond donors (Lipinski definition) is 2. The Labute approximate surface area is 127 Å². The zero-order valence-electron chi connectivity index (χ0n) is 11.5. The summed E-state index contributed by atoms with van der Waals surface area (Å²) in [5, 5.41) is 7.38. The van der Waals surface area contributed by atoms with Crippen molar-refractivity contribution in [3.8, 4) is 0 Å². The maximum atomic E-state index is 12.2. The molecule has 0 aliphatic rings. The summed E-state index contributed by atoms with van der Waals surface area (Å²) in [4.78, 5) is 12.3. The molecule has 22 heavy (non-hydrogen) atoms. The van der Waals surface area contributed by atoms with Crippen molar-refractivity contribution in [3.05, 3.63) is 60.3 Å². The van der Waals surface area contributed by atoms with Gasteiger partial charge in [0.15, 0.2) is 5.78 Å². The molecule has 2 aromatic carbocycles. The van der Waals surface area contributed by atoms with E-state index in [9.17, 15) is 13.2 Å². The molecule has 0 radical (unpaired) electrons. The average molecular weight is 315 g/mol. The zero-order valence-corrected chi connectivity index (χ0v) is 12.3. The van der Waals surface area contributed by atoms with Gasteiger partial charge in [-0.1, -0.05) is 36.4 Å². The Hall–Kier alpha value is -2.51. The van der Waals surface area contributed by atoms with Gasteiger partial charge in [0, 0.05) is 5.39 Å². The standard InChI is InChI=1S/C15H13N3O3S/c19-14(15-12-8-4-5-9-13(12)17-18-15)10-16-22(20,21)11-6-2-1-3-7-11/h1-9,16H,10H2,(H,17,18). The van der Waals surface area contributed by atoms with Crippen molar-refractivity contribution >= 4 is 26.7 Å². The van der Waals surface area contributed by atoms with Crippen LogP contribution < -0.4 is 4.72 Å². The van der Waals surface area contributed by atoms with E-state index in [2.05, 4.69) is 14.9 Å². The Bertz CT molecular complexity index is 917. The quantitative estimate of drug-likeness (QED) is 0.701. The van der Waals surface area contributed by atoms with Gasteiger partial charge in [0.05, 0.1) is 17.0 Å². The van der Waals surface area contributed by atoms with Crippen LogP contribution in [0.25, 0.3) is 10.9 Å². The summed E-state index contributed by atoms with van der Waals surface area (Å²) >= 11 is 0. The molecule has 1 aromatic heterocycles. The molecule has 0 saturated heterocycles. The first-order valence-corrected chi connectivity index (χ1v) is 8.07. The van der Waals surface area contributed by atoms with Crippen LogP contribution in [-0.4, -0.2) is 30.9 Å². The van der Waals surface area contributed by atoms with Gasteiger partial charge in [-0.15, -0.1) is 0 Å². The van der Waals surface area contributed by atoms with Crippen molar-refractivity contribution in [2.24, 2.45) is 0 Å². The summed E-state index contributed by atoms with van der Waals surface area (Å²) in [7, 11) is -3.71. The number of aromatic amines is 1. The number of fused-ring (bicyclic) bond motifs is 1. The highest BCUT2D eigenvalue weighted by molar-refractivity contribution is 7.89. The van der Waals surface area contributed by atoms with Crippen LogP contribution in [0.5, 0.6) is 0 Å². The Morgan fingerprint density at radius 2 is 1.73 bits per heavy atom. The number of nitrogens with zero attached hydrogens (tertiary/aromatic N) is 1. The third-order valence-corrected chi connectivity index (χ3v) is 4.63. The largest absolute Gasteiger partial charge is 0.291 e. The molecule has 7 heteroatoms. The van der Waals surface area contributed by atoms with Gasteiger partial charge in [-0.3, -0.25) is 9.89 Å². The Morgan fingerprint density at radius 1 is 1.05 bits per heavy atom. The Balaban J connectivity index is 1.78. The third kappa shape index (κ3) is 2.76. The van der Waals surface area contributed by atoms with Crippen LogP contribution in [0.1, 0.15) is 10.5 Å². The van der Waals surface area contributed by atoms with Gasteiger partial charge >= 0.3 is 0 Å². The topological polar surface area (TPSA) is 91.9 Å². The molecule has 0 spiro atoms. The van der Waals surface area contributed by atoms with Gasteiger partial charge in [0.2, 0.25) is 10.0 Å². The minimum absolute atomic E-state index is 0.120. The number of ketones is 1. The molecule has 0 fully saturated rings. The van der Waals surface area contributed by atoms with Crippen LogP contribution in [0.15, 0.2) is 59.5 Å². The fourth-order valence-electron chi connectivity index (χ4n) is 2.10. The number of nitrogens with one attached hydrogen (secondary N) is 2. The van der Waals surface area contributed by atoms with Gasteiger partial charge in [-0.05, 0) is 18.2 Å². The number of carbonyl (C=O) groups is 1. The van der Waals surface area contributed by atoms with Crippen LogP contribution in [0.2, 0.25) is 0 Å². The molecule has 0 aliphatic heterocycles. The first-order valence-electron chi connectivity index (χ1n) is 6.59. The molecule has 0 bridgehead atoms. The fraction of sp³-hybridized carbons (Fsp3) is 0.0667. The third-order valence-electron chi connectivity index (χ3n) is 3.21. The number of Topliss-reactive ketones (excluding diaryl/α,β-unsaturated/α-hetero) is 1. The highest BCUT2D eigenvalue weighted by atomic mass is 32.2. The summed E-state index contributed by atoms with van der Waals surface area (Å²) in [6, 6.07) is 15.1. The van der Waals surface area contributed by atoms with Crippen LogP contribution in [-0.2, 0) is 10.0 Å². The van der Waals surface area contributed by atoms with E-state index in [4.69, 9.17) is 0 Å². The van der Waals surface area contributed by atoms with E-state index in [0.717, 1.165) is 5.52 Å². The first-order chi connectivity index (χ1) is 10.6. The van der Waals surface area contributed by atoms with Crippen molar-refractivity contribution in [3.63, 3.8) is 0 Å². The second kappa shape index (κ2) is 5.70. The lowest BCUT2D eigenvalue weighted by atomic mass is 10.1. The number of rotatable bonds is 5. The second-order valence-corrected chi connectivity index (χ2v) is 6.45. The second-order valence-electron chi connectivity index (χ2n) is 4.68. The van der Waals surface area contributed by atoms with Crippen molar-refractivity contribution in [1.82, 2.24) is 14.9 Å². The molecule has 0 unspecified atom stereocenters. The van der Waals surface area contributed by atoms with E-state index in [0.29, 0.717) is 5.39 Å². The molecule has 0 amide bonds. The zero-order chi connectivity index (χ0) is 15.6. The molecule has 0 saturated carbocycles. The highest BCUT2D eigenvalue weighted by Gasteiger charge is 2.18. The van der Waals surface area contributed by atoms with E-state index < -0.39 is 15.8 Å². The summed E-state index contributed by atoms with van der Waals surface area (Å²) in [5.74, 6) is -0.392. The molecule has 2 N–H and O–H groups in total. The lowest BCUT2D eigenvalue weighted by Gasteiger charge is -2.05. The molecule has 0 atom stereocenters. The van der Waals surface area contributed by atoms with Gasteiger partial charge in [-0.25, -0.2) is 13.1 Å². The number of hydrogen-bond acceptors (Lipinski definition) is 4. The van der Waals surface area contributed by atoms with Gasteiger partial charge < -0.3 is 0 Å². The number of sulfonamides is 1. The van der Waals surface area contributed by atoms with E-state index >= 15 is 0 Å². The van der Waals surface area contributed by atoms with E-state index in [1.54, 1.807) is 36.4 Å². The molecule has 112 valence electrons. The fourth-order valence-corrected chi connectivity index (χ4v) is 3.11. The monoisotopic (exact) mass is 315 g/mol. The Kier molecular flexibility index (Phi) is 3.74. The van der Waals surface area contributed by atoms with Crippen molar-refractivity contribution in [2.45, 2.75) is 4.90 Å². The molecule has 6 nitrogen and oxygen atoms in total. The van der Waals surface area contributed by atoms with Crippen LogP contribution in [0.4, 0.5) is 0 Å². The van der Waals surface area contributed by atoms with Gasteiger partial charge in [0.25, 0.3) is 0 Å². The maximum absolute atomic E-state index is 12.2. The van der Waals surface area contributed by atoms with Crippen molar-refractivity contribution < 1.29 is 13.2 Å². The summed E-state index contributed by atoms with van der Waals surface area (Å²) in [6.07, 6.45) is 0. The molecular formula is C15H13N3O3S. The number of carbonyl (C=O) groups excluding carboxylic acids is 1. The average Bonchev–Trinajstić information content (AvgIpc) is 2.98. The van der Waals surface area contributed by atoms with Crippen LogP contribution in [0.3, 0.4) is 0 Å². The van der Waals surface area contributed by atoms with E-state index in [1.165, 1.54) is 12.1 Å². The maximum Gasteiger partial charge on any atom is 0.240 e. The number of aromatic nitrogens is 2. The Morgan fingerprint density at radius 3 is 2.50 bits per heavy atom. The number of H-pyrrole nitrogens is 1. The van der Waals surface area contributed by atoms with Crippen molar-refractivity contribution in [2.75, 3.05) is 6.54 Å². The number of para-hydroxylation sites is 1. The van der Waals surface area contributed by atoms with Gasteiger partial charge in [0.1, 0.15) is 5.69 Å². The van der Waals surface area contributed by atoms with Crippen molar-refractivity contribution in [1.29, 1.82) is 0 Å². The minimum Gasteiger partial charge on any atom is -0.291 e. The number of benzene rings is 2. The predicted octanol–water partition coefficient (Wildman–Crippen LogP) is 1.72. The molecule has 3 rings (SSSR count). The van der Waals surface area contributed by atoms with Gasteiger partial charge in [-0.2, -0.15) is 5.10 Å². The highest BCUT2D eigenvalue weighted by Crippen LogP contribution is 2.15. The summed E-state index contributed by atoms with van der Waals surface area (Å²) < 4.78 is 26.5. The smallest absolute Gasteiger partial charge is 0.240 e. The summed E-state index contributed by atoms with van der Waals surface area (Å²) in [5.41, 5.74) is 0.961. The SMILES string of the molecule is O=C(CNS(=O)(=O)c1ccccc1)c1n[nH]c2ccccc12. The van der Waals surface area contributed by atoms with E-state index in [1.807, 2.05) is 6.07 Å². The lowest BCUT2D eigenvalue weighted by molar-refractivity contribution is 0.0993.